The molecule has 0 unspecified atom stereocenters. The third kappa shape index (κ3) is 6.41. The van der Waals surface area contributed by atoms with Crippen molar-refractivity contribution in [3.63, 3.8) is 0 Å². The van der Waals surface area contributed by atoms with Gasteiger partial charge >= 0.3 is 12.1 Å². The molecule has 0 aliphatic heterocycles. The Morgan fingerprint density at radius 2 is 1.74 bits per heavy atom. The van der Waals surface area contributed by atoms with Gasteiger partial charge in [-0.05, 0) is 42.5 Å². The average Bonchev–Trinajstić information content (AvgIpc) is 2.62. The molecule has 0 heterocycles. The summed E-state index contributed by atoms with van der Waals surface area (Å²) in [6, 6.07) is 11.7. The van der Waals surface area contributed by atoms with Gasteiger partial charge in [0.1, 0.15) is 11.9 Å². The van der Waals surface area contributed by atoms with Crippen LogP contribution in [0.15, 0.2) is 63.6 Å². The molecule has 2 rings (SSSR count). The van der Waals surface area contributed by atoms with Crippen LogP contribution in [-0.2, 0) is 9.53 Å². The van der Waals surface area contributed by atoms with Crippen molar-refractivity contribution in [1.82, 2.24) is 0 Å². The highest BCUT2D eigenvalue weighted by Gasteiger charge is 2.25. The number of phenols is 1. The summed E-state index contributed by atoms with van der Waals surface area (Å²) in [7, 11) is 0. The summed E-state index contributed by atoms with van der Waals surface area (Å²) in [6.45, 7) is 1.69. The van der Waals surface area contributed by atoms with E-state index < -0.39 is 24.1 Å². The van der Waals surface area contributed by atoms with E-state index >= 15 is 0 Å². The molecule has 0 aliphatic rings. The van der Waals surface area contributed by atoms with Gasteiger partial charge < -0.3 is 14.9 Å². The van der Waals surface area contributed by atoms with Gasteiger partial charge in [-0.15, -0.1) is 0 Å². The molecule has 1 amide bonds. The van der Waals surface area contributed by atoms with Gasteiger partial charge in [-0.25, -0.2) is 9.59 Å². The van der Waals surface area contributed by atoms with Gasteiger partial charge in [0.15, 0.2) is 0 Å². The molecule has 0 aliphatic carbocycles. The maximum atomic E-state index is 12.3. The lowest BCUT2D eigenvalue weighted by Crippen LogP contribution is -2.21. The fraction of sp³-hybridized carbons (Fsp3) is 0.158. The molecule has 27 heavy (non-hydrogen) atoms. The van der Waals surface area contributed by atoms with E-state index in [1.54, 1.807) is 43.3 Å². The normalized spacial score (nSPS) is 13.1. The summed E-state index contributed by atoms with van der Waals surface area (Å²) in [6.07, 6.45) is 0.758. The van der Waals surface area contributed by atoms with E-state index in [2.05, 4.69) is 37.2 Å². The quantitative estimate of drug-likeness (QED) is 0.458. The summed E-state index contributed by atoms with van der Waals surface area (Å²) in [5, 5.41) is 21.6. The maximum Gasteiger partial charge on any atom is 0.412 e. The van der Waals surface area contributed by atoms with Crippen LogP contribution in [0.5, 0.6) is 5.75 Å². The van der Waals surface area contributed by atoms with Gasteiger partial charge in [0, 0.05) is 32.2 Å². The fourth-order valence-corrected chi connectivity index (χ4v) is 2.98. The number of aliphatic carboxylic acids is 1. The number of hydrogen-bond acceptors (Lipinski definition) is 4. The Morgan fingerprint density at radius 3 is 2.37 bits per heavy atom. The number of carboxylic acid groups (broad SMARTS) is 1. The van der Waals surface area contributed by atoms with Crippen molar-refractivity contribution in [3.05, 3.63) is 69.1 Å². The van der Waals surface area contributed by atoms with Gasteiger partial charge in [-0.2, -0.15) is 0 Å². The molecule has 0 saturated carbocycles. The van der Waals surface area contributed by atoms with Crippen LogP contribution in [0.4, 0.5) is 10.5 Å². The molecule has 2 aromatic rings. The van der Waals surface area contributed by atoms with Crippen molar-refractivity contribution in [2.75, 3.05) is 5.32 Å². The molecule has 0 bridgehead atoms. The highest BCUT2D eigenvalue weighted by molar-refractivity contribution is 9.10. The van der Waals surface area contributed by atoms with Crippen LogP contribution in [-0.4, -0.2) is 22.3 Å². The molecule has 2 atom stereocenters. The number of carboxylic acids is 1. The lowest BCUT2D eigenvalue weighted by molar-refractivity contribution is -0.131. The number of halogens is 2. The first-order valence-corrected chi connectivity index (χ1v) is 9.47. The van der Waals surface area contributed by atoms with E-state index in [1.165, 1.54) is 12.1 Å². The SMILES string of the molecule is C[C@@H](/C=C/C(=O)O)[C@H](OC(=O)Nc1ccc(Br)cc1)c1cc(Br)ccc1O. The molecule has 3 N–H and O–H groups in total. The number of benzene rings is 2. The van der Waals surface area contributed by atoms with Crippen molar-refractivity contribution >= 4 is 49.6 Å². The number of aromatic hydroxyl groups is 1. The van der Waals surface area contributed by atoms with E-state index in [-0.39, 0.29) is 5.75 Å². The first-order chi connectivity index (χ1) is 12.8. The smallest absolute Gasteiger partial charge is 0.412 e. The number of carbonyl (C=O) groups excluding carboxylic acids is 1. The number of amides is 1. The Balaban J connectivity index is 2.25. The lowest BCUT2D eigenvalue weighted by atomic mass is 9.96. The minimum atomic E-state index is -1.11. The first-order valence-electron chi connectivity index (χ1n) is 7.89. The third-order valence-electron chi connectivity index (χ3n) is 3.64. The average molecular weight is 499 g/mol. The molecule has 142 valence electrons. The topological polar surface area (TPSA) is 95.9 Å². The summed E-state index contributed by atoms with van der Waals surface area (Å²) < 4.78 is 7.07. The predicted octanol–water partition coefficient (Wildman–Crippen LogP) is 5.48. The van der Waals surface area contributed by atoms with Crippen LogP contribution in [0.2, 0.25) is 0 Å². The first kappa shape index (κ1) is 21.0. The standard InChI is InChI=1S/C19H17Br2NO5/c1-11(2-9-17(24)25)18(15-10-13(21)5-8-16(15)23)27-19(26)22-14-6-3-12(20)4-7-14/h2-11,18,23H,1H3,(H,22,26)(H,24,25)/b9-2+/t11-,18-/m0/s1. The van der Waals surface area contributed by atoms with Gasteiger partial charge in [0.05, 0.1) is 0 Å². The van der Waals surface area contributed by atoms with E-state index in [1.807, 2.05) is 0 Å². The van der Waals surface area contributed by atoms with Crippen molar-refractivity contribution < 1.29 is 24.5 Å². The second-order valence-corrected chi connectivity index (χ2v) is 7.55. The van der Waals surface area contributed by atoms with Gasteiger partial charge in [0.25, 0.3) is 0 Å². The monoisotopic (exact) mass is 497 g/mol. The summed E-state index contributed by atoms with van der Waals surface area (Å²) in [5.74, 6) is -1.68. The number of phenolic OH excluding ortho intramolecular Hbond substituents is 1. The number of carbonyl (C=O) groups is 2. The Bertz CT molecular complexity index is 852. The number of nitrogens with one attached hydrogen (secondary N) is 1. The minimum Gasteiger partial charge on any atom is -0.508 e. The van der Waals surface area contributed by atoms with E-state index in [4.69, 9.17) is 9.84 Å². The molecular weight excluding hydrogens is 482 g/mol. The number of anilines is 1. The Morgan fingerprint density at radius 1 is 1.11 bits per heavy atom. The summed E-state index contributed by atoms with van der Waals surface area (Å²) in [5.41, 5.74) is 0.895. The van der Waals surface area contributed by atoms with Crippen LogP contribution in [0.3, 0.4) is 0 Å². The molecule has 0 fully saturated rings. The molecular formula is C19H17Br2NO5. The Labute approximate surface area is 173 Å². The Kier molecular flexibility index (Phi) is 7.44. The van der Waals surface area contributed by atoms with Crippen LogP contribution in [0.1, 0.15) is 18.6 Å². The zero-order chi connectivity index (χ0) is 20.0. The van der Waals surface area contributed by atoms with Crippen molar-refractivity contribution in [3.8, 4) is 5.75 Å². The van der Waals surface area contributed by atoms with Gasteiger partial charge in [-0.1, -0.05) is 44.9 Å². The number of ether oxygens (including phenoxy) is 1. The Hall–Kier alpha value is -2.32. The number of hydrogen-bond donors (Lipinski definition) is 3. The van der Waals surface area contributed by atoms with Gasteiger partial charge in [0.2, 0.25) is 0 Å². The van der Waals surface area contributed by atoms with E-state index in [9.17, 15) is 14.7 Å². The molecule has 0 spiro atoms. The highest BCUT2D eigenvalue weighted by Crippen LogP contribution is 2.35. The number of rotatable bonds is 6. The molecule has 2 aromatic carbocycles. The van der Waals surface area contributed by atoms with Crippen LogP contribution >= 0.6 is 31.9 Å². The van der Waals surface area contributed by atoms with Gasteiger partial charge in [-0.3, -0.25) is 5.32 Å². The highest BCUT2D eigenvalue weighted by atomic mass is 79.9. The zero-order valence-corrected chi connectivity index (χ0v) is 17.4. The molecule has 0 radical (unpaired) electrons. The second kappa shape index (κ2) is 9.57. The predicted molar refractivity (Wildman–Crippen MR) is 109 cm³/mol. The van der Waals surface area contributed by atoms with Crippen molar-refractivity contribution in [1.29, 1.82) is 0 Å². The third-order valence-corrected chi connectivity index (χ3v) is 4.66. The molecule has 0 saturated heterocycles. The summed E-state index contributed by atoms with van der Waals surface area (Å²) >= 11 is 6.63. The van der Waals surface area contributed by atoms with Crippen LogP contribution in [0, 0.1) is 5.92 Å². The van der Waals surface area contributed by atoms with Crippen LogP contribution < -0.4 is 5.32 Å². The summed E-state index contributed by atoms with van der Waals surface area (Å²) in [4.78, 5) is 23.1. The lowest BCUT2D eigenvalue weighted by Gasteiger charge is -2.23. The second-order valence-electron chi connectivity index (χ2n) is 5.72. The van der Waals surface area contributed by atoms with E-state index in [0.717, 1.165) is 10.5 Å². The zero-order valence-electron chi connectivity index (χ0n) is 14.2. The van der Waals surface area contributed by atoms with Crippen molar-refractivity contribution in [2.24, 2.45) is 5.92 Å². The fourth-order valence-electron chi connectivity index (χ4n) is 2.34. The molecule has 8 heteroatoms. The van der Waals surface area contributed by atoms with Crippen molar-refractivity contribution in [2.45, 2.75) is 13.0 Å². The van der Waals surface area contributed by atoms with E-state index in [0.29, 0.717) is 15.7 Å². The molecule has 6 nitrogen and oxygen atoms in total. The maximum absolute atomic E-state index is 12.3. The van der Waals surface area contributed by atoms with Crippen LogP contribution in [0.25, 0.3) is 0 Å². The largest absolute Gasteiger partial charge is 0.508 e. The molecule has 0 aromatic heterocycles. The minimum absolute atomic E-state index is 0.0600.